The third kappa shape index (κ3) is 4.20. The van der Waals surface area contributed by atoms with E-state index in [0.717, 1.165) is 42.7 Å². The van der Waals surface area contributed by atoms with Gasteiger partial charge in [-0.25, -0.2) is 4.98 Å². The summed E-state index contributed by atoms with van der Waals surface area (Å²) in [6.45, 7) is 4.62. The normalized spacial score (nSPS) is 15.8. The van der Waals surface area contributed by atoms with E-state index in [4.69, 9.17) is 0 Å². The molecule has 0 radical (unpaired) electrons. The van der Waals surface area contributed by atoms with E-state index in [2.05, 4.69) is 18.0 Å². The number of aromatic nitrogens is 2. The lowest BCUT2D eigenvalue weighted by atomic mass is 9.99. The van der Waals surface area contributed by atoms with Crippen molar-refractivity contribution in [3.05, 3.63) is 34.3 Å². The standard InChI is InChI=1S/C17H23N3O2S2/c1-13-4-6-19(7-5-13)16(22)12-24-17-18-9-14(11-21)20(17)10-15-3-2-8-23-15/h2-3,8-9,13,21H,4-7,10-12H2,1H3. The molecule has 1 fully saturated rings. The van der Waals surface area contributed by atoms with Crippen LogP contribution in [-0.4, -0.2) is 44.3 Å². The van der Waals surface area contributed by atoms with Crippen molar-refractivity contribution in [2.75, 3.05) is 18.8 Å². The summed E-state index contributed by atoms with van der Waals surface area (Å²) in [7, 11) is 0. The summed E-state index contributed by atoms with van der Waals surface area (Å²) in [5, 5.41) is 12.4. The average molecular weight is 366 g/mol. The first kappa shape index (κ1) is 17.5. The number of imidazole rings is 1. The minimum absolute atomic E-state index is 0.0447. The Kier molecular flexibility index (Phi) is 5.97. The molecule has 0 atom stereocenters. The second kappa shape index (κ2) is 8.18. The highest BCUT2D eigenvalue weighted by atomic mass is 32.2. The smallest absolute Gasteiger partial charge is 0.233 e. The van der Waals surface area contributed by atoms with Gasteiger partial charge in [-0.3, -0.25) is 4.79 Å². The van der Waals surface area contributed by atoms with Gasteiger partial charge in [0.1, 0.15) is 0 Å². The van der Waals surface area contributed by atoms with E-state index >= 15 is 0 Å². The number of carbonyl (C=O) groups excluding carboxylic acids is 1. The first-order chi connectivity index (χ1) is 11.7. The van der Waals surface area contributed by atoms with Crippen molar-refractivity contribution in [2.24, 2.45) is 5.92 Å². The van der Waals surface area contributed by atoms with Crippen molar-refractivity contribution >= 4 is 29.0 Å². The van der Waals surface area contributed by atoms with Crippen molar-refractivity contribution in [2.45, 2.75) is 38.1 Å². The number of carbonyl (C=O) groups is 1. The summed E-state index contributed by atoms with van der Waals surface area (Å²) in [6.07, 6.45) is 3.89. The Morgan fingerprint density at radius 1 is 1.46 bits per heavy atom. The maximum Gasteiger partial charge on any atom is 0.233 e. The van der Waals surface area contributed by atoms with Crippen molar-refractivity contribution < 1.29 is 9.90 Å². The van der Waals surface area contributed by atoms with Crippen molar-refractivity contribution in [1.82, 2.24) is 14.5 Å². The summed E-state index contributed by atoms with van der Waals surface area (Å²) < 4.78 is 2.00. The van der Waals surface area contributed by atoms with Crippen LogP contribution in [-0.2, 0) is 17.9 Å². The Bertz CT molecular complexity index is 661. The molecule has 7 heteroatoms. The van der Waals surface area contributed by atoms with Gasteiger partial charge in [0.05, 0.1) is 30.8 Å². The van der Waals surface area contributed by atoms with E-state index in [1.807, 2.05) is 20.9 Å². The maximum absolute atomic E-state index is 12.4. The zero-order valence-corrected chi connectivity index (χ0v) is 15.5. The van der Waals surface area contributed by atoms with Gasteiger partial charge in [0, 0.05) is 18.0 Å². The van der Waals surface area contributed by atoms with Crippen molar-refractivity contribution in [3.8, 4) is 0 Å². The third-order valence-electron chi connectivity index (χ3n) is 4.42. The van der Waals surface area contributed by atoms with Crippen LogP contribution in [0.3, 0.4) is 0 Å². The van der Waals surface area contributed by atoms with Crippen LogP contribution in [0.1, 0.15) is 30.3 Å². The number of hydrogen-bond donors (Lipinski definition) is 1. The minimum atomic E-state index is -0.0447. The predicted molar refractivity (Wildman–Crippen MR) is 97.3 cm³/mol. The molecule has 0 bridgehead atoms. The zero-order valence-electron chi connectivity index (χ0n) is 13.9. The molecular weight excluding hydrogens is 342 g/mol. The molecule has 0 unspecified atom stereocenters. The van der Waals surface area contributed by atoms with Gasteiger partial charge >= 0.3 is 0 Å². The number of nitrogens with zero attached hydrogens (tertiary/aromatic N) is 3. The lowest BCUT2D eigenvalue weighted by molar-refractivity contribution is -0.129. The molecular formula is C17H23N3O2S2. The molecule has 0 spiro atoms. The highest BCUT2D eigenvalue weighted by Crippen LogP contribution is 2.23. The van der Waals surface area contributed by atoms with Crippen LogP contribution in [0.5, 0.6) is 0 Å². The molecule has 0 saturated carbocycles. The van der Waals surface area contributed by atoms with Crippen LogP contribution < -0.4 is 0 Å². The molecule has 130 valence electrons. The summed E-state index contributed by atoms with van der Waals surface area (Å²) in [5.74, 6) is 1.31. The van der Waals surface area contributed by atoms with E-state index in [0.29, 0.717) is 12.3 Å². The van der Waals surface area contributed by atoms with E-state index in [-0.39, 0.29) is 12.5 Å². The molecule has 1 saturated heterocycles. The first-order valence-electron chi connectivity index (χ1n) is 8.25. The number of thioether (sulfide) groups is 1. The van der Waals surface area contributed by atoms with Gasteiger partial charge in [-0.05, 0) is 30.2 Å². The van der Waals surface area contributed by atoms with Crippen LogP contribution in [0.2, 0.25) is 0 Å². The van der Waals surface area contributed by atoms with Crippen molar-refractivity contribution in [3.63, 3.8) is 0 Å². The Hall–Kier alpha value is -1.31. The molecule has 1 N–H and O–H groups in total. The quantitative estimate of drug-likeness (QED) is 0.800. The fourth-order valence-electron chi connectivity index (χ4n) is 2.84. The third-order valence-corrected chi connectivity index (χ3v) is 6.26. The van der Waals surface area contributed by atoms with Crippen LogP contribution >= 0.6 is 23.1 Å². The highest BCUT2D eigenvalue weighted by Gasteiger charge is 2.21. The predicted octanol–water partition coefficient (Wildman–Crippen LogP) is 2.84. The monoisotopic (exact) mass is 365 g/mol. The Morgan fingerprint density at radius 2 is 2.25 bits per heavy atom. The van der Waals surface area contributed by atoms with Gasteiger partial charge in [-0.15, -0.1) is 11.3 Å². The molecule has 1 aliphatic heterocycles. The van der Waals surface area contributed by atoms with Gasteiger partial charge in [-0.1, -0.05) is 24.8 Å². The number of hydrogen-bond acceptors (Lipinski definition) is 5. The van der Waals surface area contributed by atoms with Gasteiger partial charge in [0.2, 0.25) is 5.91 Å². The summed E-state index contributed by atoms with van der Waals surface area (Å²) in [6, 6.07) is 4.09. The molecule has 2 aromatic rings. The summed E-state index contributed by atoms with van der Waals surface area (Å²) in [4.78, 5) is 20.0. The van der Waals surface area contributed by atoms with Crippen LogP contribution in [0.25, 0.3) is 0 Å². The Morgan fingerprint density at radius 3 is 2.92 bits per heavy atom. The molecule has 3 rings (SSSR count). The number of piperidine rings is 1. The fraction of sp³-hybridized carbons (Fsp3) is 0.529. The average Bonchev–Trinajstić information content (AvgIpc) is 3.23. The van der Waals surface area contributed by atoms with Crippen LogP contribution in [0.15, 0.2) is 28.9 Å². The van der Waals surface area contributed by atoms with Crippen LogP contribution in [0.4, 0.5) is 0 Å². The van der Waals surface area contributed by atoms with Gasteiger partial charge in [-0.2, -0.15) is 0 Å². The number of likely N-dealkylation sites (tertiary alicyclic amines) is 1. The molecule has 2 aromatic heterocycles. The molecule has 0 aromatic carbocycles. The topological polar surface area (TPSA) is 58.4 Å². The first-order valence-corrected chi connectivity index (χ1v) is 10.1. The second-order valence-electron chi connectivity index (χ2n) is 6.21. The Labute approximate surface area is 150 Å². The highest BCUT2D eigenvalue weighted by molar-refractivity contribution is 7.99. The molecule has 5 nitrogen and oxygen atoms in total. The maximum atomic E-state index is 12.4. The summed E-state index contributed by atoms with van der Waals surface area (Å²) >= 11 is 3.14. The van der Waals surface area contributed by atoms with Crippen LogP contribution in [0, 0.1) is 5.92 Å². The van der Waals surface area contributed by atoms with Crippen molar-refractivity contribution in [1.29, 1.82) is 0 Å². The number of aliphatic hydroxyl groups is 1. The van der Waals surface area contributed by atoms with E-state index in [1.54, 1.807) is 17.5 Å². The fourth-order valence-corrected chi connectivity index (χ4v) is 4.43. The largest absolute Gasteiger partial charge is 0.390 e. The molecule has 3 heterocycles. The van der Waals surface area contributed by atoms with E-state index < -0.39 is 0 Å². The van der Waals surface area contributed by atoms with Gasteiger partial charge < -0.3 is 14.6 Å². The van der Waals surface area contributed by atoms with Gasteiger partial charge in [0.15, 0.2) is 5.16 Å². The zero-order chi connectivity index (χ0) is 16.9. The number of aliphatic hydroxyl groups excluding tert-OH is 1. The van der Waals surface area contributed by atoms with E-state index in [1.165, 1.54) is 16.6 Å². The SMILES string of the molecule is CC1CCN(C(=O)CSc2ncc(CO)n2Cc2cccs2)CC1. The molecule has 24 heavy (non-hydrogen) atoms. The van der Waals surface area contributed by atoms with E-state index in [9.17, 15) is 9.90 Å². The minimum Gasteiger partial charge on any atom is -0.390 e. The van der Waals surface area contributed by atoms with Gasteiger partial charge in [0.25, 0.3) is 0 Å². The Balaban J connectivity index is 1.62. The molecule has 1 aliphatic rings. The lowest BCUT2D eigenvalue weighted by Gasteiger charge is -2.30. The number of amides is 1. The molecule has 1 amide bonds. The number of rotatable bonds is 6. The lowest BCUT2D eigenvalue weighted by Crippen LogP contribution is -2.38. The second-order valence-corrected chi connectivity index (χ2v) is 8.18. The molecule has 0 aliphatic carbocycles. The summed E-state index contributed by atoms with van der Waals surface area (Å²) in [5.41, 5.74) is 0.783. The number of thiophene rings is 1.